The maximum Gasteiger partial charge on any atom is 0.126 e. The van der Waals surface area contributed by atoms with E-state index in [2.05, 4.69) is 17.9 Å². The third kappa shape index (κ3) is 1.78. The van der Waals surface area contributed by atoms with Crippen molar-refractivity contribution >= 4 is 0 Å². The van der Waals surface area contributed by atoms with Gasteiger partial charge in [0.25, 0.3) is 0 Å². The van der Waals surface area contributed by atoms with Gasteiger partial charge in [-0.2, -0.15) is 0 Å². The number of fused-ring (bicyclic) bond motifs is 1. The third-order valence-electron chi connectivity index (χ3n) is 4.32. The van der Waals surface area contributed by atoms with Crippen molar-refractivity contribution in [3.8, 4) is 0 Å². The summed E-state index contributed by atoms with van der Waals surface area (Å²) in [7, 11) is 0. The summed E-state index contributed by atoms with van der Waals surface area (Å²) in [4.78, 5) is 2.43. The Kier molecular flexibility index (Phi) is 2.68. The molecule has 2 N–H and O–H groups in total. The first kappa shape index (κ1) is 11.2. The molecule has 0 saturated carbocycles. The van der Waals surface area contributed by atoms with Gasteiger partial charge in [0.2, 0.25) is 0 Å². The van der Waals surface area contributed by atoms with Crippen LogP contribution < -0.4 is 5.73 Å². The molecule has 0 amide bonds. The van der Waals surface area contributed by atoms with E-state index < -0.39 is 0 Å². The molecule has 1 aromatic rings. The highest BCUT2D eigenvalue weighted by Gasteiger charge is 2.35. The number of hydrogen-bond donors (Lipinski definition) is 1. The van der Waals surface area contributed by atoms with E-state index in [4.69, 9.17) is 5.73 Å². The van der Waals surface area contributed by atoms with Gasteiger partial charge in [0.05, 0.1) is 0 Å². The second-order valence-corrected chi connectivity index (χ2v) is 5.46. The van der Waals surface area contributed by atoms with Crippen molar-refractivity contribution in [1.82, 2.24) is 4.90 Å². The molecular formula is C14H19FN2. The standard InChI is InChI=1S/C14H19FN2/c1-9-7-17(8-13(9)16)14-6-5-10-11(14)3-2-4-12(10)15/h2-4,9,13-14H,5-8,16H2,1H3. The van der Waals surface area contributed by atoms with Crippen molar-refractivity contribution in [1.29, 1.82) is 0 Å². The highest BCUT2D eigenvalue weighted by molar-refractivity contribution is 5.35. The fourth-order valence-corrected chi connectivity index (χ4v) is 3.25. The average molecular weight is 234 g/mol. The van der Waals surface area contributed by atoms with Gasteiger partial charge in [0.15, 0.2) is 0 Å². The molecule has 1 fully saturated rings. The first-order valence-corrected chi connectivity index (χ1v) is 6.43. The molecule has 1 aromatic carbocycles. The summed E-state index contributed by atoms with van der Waals surface area (Å²) in [6.07, 6.45) is 1.91. The topological polar surface area (TPSA) is 29.3 Å². The summed E-state index contributed by atoms with van der Waals surface area (Å²) in [5.41, 5.74) is 8.18. The quantitative estimate of drug-likeness (QED) is 0.806. The van der Waals surface area contributed by atoms with Gasteiger partial charge in [-0.05, 0) is 36.0 Å². The van der Waals surface area contributed by atoms with Gasteiger partial charge in [0.1, 0.15) is 5.82 Å². The fourth-order valence-electron chi connectivity index (χ4n) is 3.25. The van der Waals surface area contributed by atoms with Crippen molar-refractivity contribution in [2.24, 2.45) is 11.7 Å². The van der Waals surface area contributed by atoms with Gasteiger partial charge in [0, 0.05) is 25.2 Å². The largest absolute Gasteiger partial charge is 0.326 e. The Hall–Kier alpha value is -0.930. The lowest BCUT2D eigenvalue weighted by molar-refractivity contribution is 0.236. The highest BCUT2D eigenvalue weighted by Crippen LogP contribution is 2.38. The first-order chi connectivity index (χ1) is 8.16. The van der Waals surface area contributed by atoms with Gasteiger partial charge >= 0.3 is 0 Å². The average Bonchev–Trinajstić information content (AvgIpc) is 2.85. The molecule has 1 aliphatic carbocycles. The predicted molar refractivity (Wildman–Crippen MR) is 66.2 cm³/mol. The number of halogens is 1. The molecule has 3 heteroatoms. The van der Waals surface area contributed by atoms with Gasteiger partial charge < -0.3 is 5.73 Å². The van der Waals surface area contributed by atoms with Crippen LogP contribution in [-0.4, -0.2) is 24.0 Å². The molecule has 2 aliphatic rings. The molecule has 0 bridgehead atoms. The summed E-state index contributed by atoms with van der Waals surface area (Å²) in [5.74, 6) is 0.508. The zero-order valence-corrected chi connectivity index (χ0v) is 10.2. The van der Waals surface area contributed by atoms with Crippen LogP contribution in [0.5, 0.6) is 0 Å². The molecule has 17 heavy (non-hydrogen) atoms. The van der Waals surface area contributed by atoms with E-state index >= 15 is 0 Å². The van der Waals surface area contributed by atoms with E-state index in [1.807, 2.05) is 6.07 Å². The van der Waals surface area contributed by atoms with Gasteiger partial charge in [-0.25, -0.2) is 4.39 Å². The van der Waals surface area contributed by atoms with Crippen molar-refractivity contribution in [2.45, 2.75) is 31.8 Å². The van der Waals surface area contributed by atoms with Crippen molar-refractivity contribution in [3.63, 3.8) is 0 Å². The van der Waals surface area contributed by atoms with Crippen LogP contribution in [0.15, 0.2) is 18.2 Å². The smallest absolute Gasteiger partial charge is 0.126 e. The monoisotopic (exact) mass is 234 g/mol. The summed E-state index contributed by atoms with van der Waals surface area (Å²) in [6, 6.07) is 6.13. The SMILES string of the molecule is CC1CN(C2CCc3c(F)cccc32)CC1N. The number of hydrogen-bond acceptors (Lipinski definition) is 2. The van der Waals surface area contributed by atoms with Crippen LogP contribution in [-0.2, 0) is 6.42 Å². The van der Waals surface area contributed by atoms with Gasteiger partial charge in [-0.3, -0.25) is 4.90 Å². The second-order valence-electron chi connectivity index (χ2n) is 5.46. The Morgan fingerprint density at radius 3 is 2.88 bits per heavy atom. The number of nitrogens with zero attached hydrogens (tertiary/aromatic N) is 1. The lowest BCUT2D eigenvalue weighted by Gasteiger charge is -2.24. The van der Waals surface area contributed by atoms with Crippen LogP contribution in [0.3, 0.4) is 0 Å². The number of rotatable bonds is 1. The van der Waals surface area contributed by atoms with E-state index in [1.165, 1.54) is 5.56 Å². The molecule has 92 valence electrons. The molecule has 1 aliphatic heterocycles. The number of nitrogens with two attached hydrogens (primary N) is 1. The van der Waals surface area contributed by atoms with E-state index in [9.17, 15) is 4.39 Å². The van der Waals surface area contributed by atoms with E-state index in [0.29, 0.717) is 12.0 Å². The van der Waals surface area contributed by atoms with Gasteiger partial charge in [-0.15, -0.1) is 0 Å². The zero-order valence-electron chi connectivity index (χ0n) is 10.2. The lowest BCUT2D eigenvalue weighted by atomic mass is 10.1. The summed E-state index contributed by atoms with van der Waals surface area (Å²) in [5, 5.41) is 0. The Morgan fingerprint density at radius 2 is 2.18 bits per heavy atom. The third-order valence-corrected chi connectivity index (χ3v) is 4.32. The molecule has 3 unspecified atom stereocenters. The molecular weight excluding hydrogens is 215 g/mol. The Labute approximate surface area is 102 Å². The molecule has 0 radical (unpaired) electrons. The maximum absolute atomic E-state index is 13.7. The number of likely N-dealkylation sites (tertiary alicyclic amines) is 1. The Balaban J connectivity index is 1.87. The Bertz CT molecular complexity index is 422. The first-order valence-electron chi connectivity index (χ1n) is 6.43. The molecule has 1 heterocycles. The summed E-state index contributed by atoms with van der Waals surface area (Å²) < 4.78 is 13.7. The molecule has 0 aromatic heterocycles. The minimum atomic E-state index is -0.0402. The van der Waals surface area contributed by atoms with E-state index in [-0.39, 0.29) is 11.9 Å². The highest BCUT2D eigenvalue weighted by atomic mass is 19.1. The zero-order chi connectivity index (χ0) is 12.0. The lowest BCUT2D eigenvalue weighted by Crippen LogP contribution is -2.30. The molecule has 0 spiro atoms. The van der Waals surface area contributed by atoms with Crippen molar-refractivity contribution in [3.05, 3.63) is 35.1 Å². The fraction of sp³-hybridized carbons (Fsp3) is 0.571. The summed E-state index contributed by atoms with van der Waals surface area (Å²) in [6.45, 7) is 4.19. The van der Waals surface area contributed by atoms with Crippen LogP contribution in [0.25, 0.3) is 0 Å². The molecule has 3 rings (SSSR count). The summed E-state index contributed by atoms with van der Waals surface area (Å²) >= 11 is 0. The van der Waals surface area contributed by atoms with Crippen LogP contribution in [0.4, 0.5) is 4.39 Å². The molecule has 1 saturated heterocycles. The van der Waals surface area contributed by atoms with Crippen LogP contribution >= 0.6 is 0 Å². The van der Waals surface area contributed by atoms with Crippen LogP contribution in [0.1, 0.15) is 30.5 Å². The second kappa shape index (κ2) is 4.07. The normalized spacial score (nSPS) is 33.0. The van der Waals surface area contributed by atoms with Crippen molar-refractivity contribution < 1.29 is 4.39 Å². The number of benzene rings is 1. The Morgan fingerprint density at radius 1 is 1.35 bits per heavy atom. The van der Waals surface area contributed by atoms with Gasteiger partial charge in [-0.1, -0.05) is 19.1 Å². The molecule has 2 nitrogen and oxygen atoms in total. The van der Waals surface area contributed by atoms with Crippen LogP contribution in [0, 0.1) is 11.7 Å². The van der Waals surface area contributed by atoms with Crippen LogP contribution in [0.2, 0.25) is 0 Å². The minimum Gasteiger partial charge on any atom is -0.326 e. The minimum absolute atomic E-state index is 0.0402. The molecule has 3 atom stereocenters. The maximum atomic E-state index is 13.7. The van der Waals surface area contributed by atoms with E-state index in [1.54, 1.807) is 6.07 Å². The predicted octanol–water partition coefficient (Wildman–Crippen LogP) is 2.09. The van der Waals surface area contributed by atoms with E-state index in [0.717, 1.165) is 31.5 Å². The van der Waals surface area contributed by atoms with Crippen molar-refractivity contribution in [2.75, 3.05) is 13.1 Å².